The predicted octanol–water partition coefficient (Wildman–Crippen LogP) is 12.4. The zero-order chi connectivity index (χ0) is 31.7. The molecular weight excluding hydrogens is 528 g/mol. The third kappa shape index (κ3) is 28.6. The number of hydrogen-bond donors (Lipinski definition) is 3. The van der Waals surface area contributed by atoms with Crippen LogP contribution in [0.3, 0.4) is 0 Å². The Labute approximate surface area is 270 Å². The number of carboxylic acid groups (broad SMARTS) is 1. The molecule has 258 valence electrons. The second-order valence-corrected chi connectivity index (χ2v) is 14.2. The molecule has 0 aromatic carbocycles. The molecule has 0 radical (unpaired) electrons. The highest BCUT2D eigenvalue weighted by atomic mass is 16.4. The van der Waals surface area contributed by atoms with Crippen LogP contribution in [0.5, 0.6) is 0 Å². The highest BCUT2D eigenvalue weighted by molar-refractivity contribution is 5.75. The van der Waals surface area contributed by atoms with Gasteiger partial charge in [-0.3, -0.25) is 4.79 Å². The van der Waals surface area contributed by atoms with Crippen LogP contribution in [-0.4, -0.2) is 22.7 Å². The van der Waals surface area contributed by atoms with Gasteiger partial charge in [0.25, 0.3) is 0 Å². The number of rotatable bonds is 36. The summed E-state index contributed by atoms with van der Waals surface area (Å²) in [7, 11) is 0. The van der Waals surface area contributed by atoms with E-state index in [-0.39, 0.29) is 0 Å². The van der Waals surface area contributed by atoms with Gasteiger partial charge in [0.15, 0.2) is 0 Å². The molecule has 0 saturated heterocycles. The molecule has 0 aliphatic rings. The molecule has 0 spiro atoms. The molecule has 0 heterocycles. The van der Waals surface area contributed by atoms with Crippen molar-refractivity contribution in [3.63, 3.8) is 0 Å². The van der Waals surface area contributed by atoms with E-state index in [2.05, 4.69) is 13.8 Å². The van der Waals surface area contributed by atoms with E-state index >= 15 is 0 Å². The highest BCUT2D eigenvalue weighted by Gasteiger charge is 2.36. The molecule has 0 amide bonds. The molecule has 0 aliphatic heterocycles. The van der Waals surface area contributed by atoms with Gasteiger partial charge in [0.05, 0.1) is 0 Å². The Hall–Kier alpha value is -0.610. The van der Waals surface area contributed by atoms with E-state index < -0.39 is 17.6 Å². The van der Waals surface area contributed by atoms with Crippen LogP contribution >= 0.6 is 0 Å². The van der Waals surface area contributed by atoms with Gasteiger partial charge in [0, 0.05) is 5.54 Å². The number of nitrogens with two attached hydrogens (primary N) is 2. The summed E-state index contributed by atoms with van der Waals surface area (Å²) < 4.78 is 0. The molecule has 1 unspecified atom stereocenters. The number of unbranched alkanes of at least 4 members (excludes halogenated alkanes) is 30. The lowest BCUT2D eigenvalue weighted by Gasteiger charge is -2.33. The van der Waals surface area contributed by atoms with Crippen molar-refractivity contribution in [2.45, 2.75) is 244 Å². The predicted molar refractivity (Wildman–Crippen MR) is 191 cm³/mol. The fraction of sp³-hybridized carbons (Fsp3) is 0.974. The van der Waals surface area contributed by atoms with Gasteiger partial charge in [-0.2, -0.15) is 0 Å². The van der Waals surface area contributed by atoms with E-state index in [1.807, 2.05) is 0 Å². The normalized spacial score (nSPS) is 12.7. The summed E-state index contributed by atoms with van der Waals surface area (Å²) in [5.41, 5.74) is 12.0. The summed E-state index contributed by atoms with van der Waals surface area (Å²) in [5, 5.41) is 9.58. The summed E-state index contributed by atoms with van der Waals surface area (Å²) in [5.74, 6) is -0.949. The van der Waals surface area contributed by atoms with Crippen LogP contribution in [0.1, 0.15) is 232 Å². The van der Waals surface area contributed by atoms with Crippen LogP contribution in [0.15, 0.2) is 0 Å². The lowest BCUT2D eigenvalue weighted by Crippen LogP contribution is -2.59. The average molecular weight is 609 g/mol. The molecule has 0 saturated carbocycles. The van der Waals surface area contributed by atoms with E-state index in [0.717, 1.165) is 38.5 Å². The lowest BCUT2D eigenvalue weighted by molar-refractivity contribution is -0.140. The Morgan fingerprint density at radius 2 is 0.628 bits per heavy atom. The molecule has 0 bridgehead atoms. The van der Waals surface area contributed by atoms with Crippen molar-refractivity contribution in [1.29, 1.82) is 0 Å². The zero-order valence-electron chi connectivity index (χ0n) is 29.6. The van der Waals surface area contributed by atoms with Gasteiger partial charge < -0.3 is 16.6 Å². The van der Waals surface area contributed by atoms with Crippen molar-refractivity contribution in [3.8, 4) is 0 Å². The first-order valence-electron chi connectivity index (χ1n) is 19.7. The van der Waals surface area contributed by atoms with Crippen molar-refractivity contribution in [2.75, 3.05) is 0 Å². The van der Waals surface area contributed by atoms with Crippen LogP contribution in [-0.2, 0) is 4.79 Å². The number of hydrogen-bond acceptors (Lipinski definition) is 3. The summed E-state index contributed by atoms with van der Waals surface area (Å²) >= 11 is 0. The maximum atomic E-state index is 11.7. The molecule has 4 nitrogen and oxygen atoms in total. The van der Waals surface area contributed by atoms with E-state index in [1.54, 1.807) is 0 Å². The summed E-state index contributed by atoms with van der Waals surface area (Å²) in [4.78, 5) is 11.7. The maximum Gasteiger partial charge on any atom is 0.322 e. The Bertz CT molecular complexity index is 531. The Balaban J connectivity index is 3.73. The molecular formula is C39H80N2O2. The van der Waals surface area contributed by atoms with Crippen LogP contribution in [0.2, 0.25) is 0 Å². The van der Waals surface area contributed by atoms with Gasteiger partial charge in [-0.25, -0.2) is 0 Å². The van der Waals surface area contributed by atoms with Crippen molar-refractivity contribution < 1.29 is 9.90 Å². The summed E-state index contributed by atoms with van der Waals surface area (Å²) in [6.45, 7) is 4.57. The molecule has 4 heteroatoms. The van der Waals surface area contributed by atoms with E-state index in [9.17, 15) is 9.90 Å². The van der Waals surface area contributed by atoms with Gasteiger partial charge in [-0.1, -0.05) is 219 Å². The molecule has 0 aliphatic carbocycles. The molecule has 0 aromatic heterocycles. The monoisotopic (exact) mass is 609 g/mol. The smallest absolute Gasteiger partial charge is 0.322 e. The molecule has 0 fully saturated rings. The minimum absolute atomic E-state index is 0.734. The Morgan fingerprint density at radius 3 is 0.814 bits per heavy atom. The largest absolute Gasteiger partial charge is 0.480 e. The third-order valence-electron chi connectivity index (χ3n) is 9.88. The third-order valence-corrected chi connectivity index (χ3v) is 9.88. The Morgan fingerprint density at radius 1 is 0.442 bits per heavy atom. The van der Waals surface area contributed by atoms with E-state index in [1.165, 1.54) is 180 Å². The van der Waals surface area contributed by atoms with Crippen molar-refractivity contribution >= 4 is 5.97 Å². The summed E-state index contributed by atoms with van der Waals surface area (Å²) in [6.07, 6.45) is 44.3. The standard InChI is InChI=1S/C39H80N2O2/c1-3-5-7-9-11-13-15-17-19-21-23-25-27-29-31-33-35-39(41,37(40)38(42)43)36-34-32-30-28-26-24-22-20-18-16-14-12-10-8-6-4-2/h37H,3-36,40-41H2,1-2H3,(H,42,43). The van der Waals surface area contributed by atoms with Gasteiger partial charge >= 0.3 is 5.97 Å². The molecule has 1 atom stereocenters. The first-order chi connectivity index (χ1) is 21.0. The van der Waals surface area contributed by atoms with Crippen LogP contribution in [0.4, 0.5) is 0 Å². The van der Waals surface area contributed by atoms with Crippen LogP contribution < -0.4 is 11.5 Å². The van der Waals surface area contributed by atoms with E-state index in [4.69, 9.17) is 11.5 Å². The number of aliphatic carboxylic acids is 1. The van der Waals surface area contributed by atoms with Gasteiger partial charge in [0.1, 0.15) is 6.04 Å². The first-order valence-corrected chi connectivity index (χ1v) is 19.7. The molecule has 0 aromatic rings. The fourth-order valence-corrected chi connectivity index (χ4v) is 6.69. The van der Waals surface area contributed by atoms with Gasteiger partial charge in [0.2, 0.25) is 0 Å². The van der Waals surface area contributed by atoms with Crippen LogP contribution in [0, 0.1) is 0 Å². The van der Waals surface area contributed by atoms with E-state index in [0.29, 0.717) is 0 Å². The first kappa shape index (κ1) is 42.4. The van der Waals surface area contributed by atoms with Crippen molar-refractivity contribution in [1.82, 2.24) is 0 Å². The quantitative estimate of drug-likeness (QED) is 0.0617. The van der Waals surface area contributed by atoms with Gasteiger partial charge in [-0.15, -0.1) is 0 Å². The SMILES string of the molecule is CCCCCCCCCCCCCCCCCCC(N)(CCCCCCCCCCCCCCCCCC)C(N)C(=O)O. The minimum atomic E-state index is -0.958. The van der Waals surface area contributed by atoms with Crippen LogP contribution in [0.25, 0.3) is 0 Å². The van der Waals surface area contributed by atoms with Crippen molar-refractivity contribution in [3.05, 3.63) is 0 Å². The zero-order valence-corrected chi connectivity index (χ0v) is 29.6. The summed E-state index contributed by atoms with van der Waals surface area (Å²) in [6, 6.07) is -0.958. The van der Waals surface area contributed by atoms with Gasteiger partial charge in [-0.05, 0) is 12.8 Å². The molecule has 5 N–H and O–H groups in total. The number of carbonyl (C=O) groups is 1. The fourth-order valence-electron chi connectivity index (χ4n) is 6.69. The molecule has 43 heavy (non-hydrogen) atoms. The minimum Gasteiger partial charge on any atom is -0.480 e. The second-order valence-electron chi connectivity index (χ2n) is 14.2. The topological polar surface area (TPSA) is 89.3 Å². The second kappa shape index (κ2) is 32.8. The molecule has 0 rings (SSSR count). The Kier molecular flexibility index (Phi) is 32.3. The van der Waals surface area contributed by atoms with Crippen molar-refractivity contribution in [2.24, 2.45) is 11.5 Å². The highest BCUT2D eigenvalue weighted by Crippen LogP contribution is 2.25. The maximum absolute atomic E-state index is 11.7. The number of carboxylic acids is 1. The lowest BCUT2D eigenvalue weighted by atomic mass is 9.81. The average Bonchev–Trinajstić information content (AvgIpc) is 3.00.